The number of amides is 2. The second kappa shape index (κ2) is 8.63. The number of nitrogens with zero attached hydrogens (tertiary/aromatic N) is 1. The minimum atomic E-state index is -0.663. The lowest BCUT2D eigenvalue weighted by Crippen LogP contribution is -2.46. The van der Waals surface area contributed by atoms with Crippen LogP contribution in [0.5, 0.6) is 0 Å². The molecule has 2 amide bonds. The number of carbonyl (C=O) groups excluding carboxylic acids is 2. The van der Waals surface area contributed by atoms with Crippen molar-refractivity contribution in [3.05, 3.63) is 24.4 Å². The van der Waals surface area contributed by atoms with E-state index in [0.29, 0.717) is 12.2 Å². The summed E-state index contributed by atoms with van der Waals surface area (Å²) in [6.45, 7) is 5.33. The molecule has 2 N–H and O–H groups in total. The lowest BCUT2D eigenvalue weighted by Gasteiger charge is -2.23. The molecule has 1 rings (SSSR count). The third kappa shape index (κ3) is 7.31. The largest absolute Gasteiger partial charge is 0.444 e. The third-order valence-electron chi connectivity index (χ3n) is 2.53. The van der Waals surface area contributed by atoms with Crippen LogP contribution in [-0.2, 0) is 9.53 Å². The van der Waals surface area contributed by atoms with E-state index in [1.807, 2.05) is 6.26 Å². The fraction of sp³-hybridized carbons (Fsp3) is 0.533. The minimum Gasteiger partial charge on any atom is -0.444 e. The van der Waals surface area contributed by atoms with Gasteiger partial charge in [0.25, 0.3) is 0 Å². The quantitative estimate of drug-likeness (QED) is 0.840. The standard InChI is InChI=1S/C15H23N3O3S/c1-15(2,3)21-14(20)17-11(8-10-22-4)13(19)18-12-7-5-6-9-16-12/h5-7,9,11H,8,10H2,1-4H3,(H,17,20)(H,16,18,19)/t11-/m0/s1. The molecule has 0 aliphatic carbocycles. The Morgan fingerprint density at radius 3 is 2.64 bits per heavy atom. The zero-order valence-corrected chi connectivity index (χ0v) is 14.2. The maximum absolute atomic E-state index is 12.3. The number of alkyl carbamates (subject to hydrolysis) is 1. The van der Waals surface area contributed by atoms with Gasteiger partial charge in [-0.25, -0.2) is 9.78 Å². The summed E-state index contributed by atoms with van der Waals surface area (Å²) in [7, 11) is 0. The van der Waals surface area contributed by atoms with Crippen LogP contribution in [0.3, 0.4) is 0 Å². The number of hydrogen-bond donors (Lipinski definition) is 2. The smallest absolute Gasteiger partial charge is 0.408 e. The van der Waals surface area contributed by atoms with E-state index in [-0.39, 0.29) is 5.91 Å². The van der Waals surface area contributed by atoms with Crippen molar-refractivity contribution in [3.63, 3.8) is 0 Å². The van der Waals surface area contributed by atoms with Crippen LogP contribution >= 0.6 is 11.8 Å². The van der Waals surface area contributed by atoms with Gasteiger partial charge in [0, 0.05) is 6.20 Å². The molecule has 0 radical (unpaired) electrons. The van der Waals surface area contributed by atoms with E-state index in [1.165, 1.54) is 0 Å². The summed E-state index contributed by atoms with van der Waals surface area (Å²) >= 11 is 1.61. The maximum atomic E-state index is 12.3. The summed E-state index contributed by atoms with van der Waals surface area (Å²) in [5.41, 5.74) is -0.606. The maximum Gasteiger partial charge on any atom is 0.408 e. The zero-order valence-electron chi connectivity index (χ0n) is 13.4. The van der Waals surface area contributed by atoms with Crippen molar-refractivity contribution in [3.8, 4) is 0 Å². The molecule has 1 atom stereocenters. The fourth-order valence-electron chi connectivity index (χ4n) is 1.60. The summed E-state index contributed by atoms with van der Waals surface area (Å²) < 4.78 is 5.20. The van der Waals surface area contributed by atoms with E-state index in [4.69, 9.17) is 4.74 Å². The lowest BCUT2D eigenvalue weighted by molar-refractivity contribution is -0.118. The summed E-state index contributed by atoms with van der Waals surface area (Å²) in [6.07, 6.45) is 3.45. The highest BCUT2D eigenvalue weighted by Crippen LogP contribution is 2.09. The van der Waals surface area contributed by atoms with Crippen molar-refractivity contribution in [1.29, 1.82) is 0 Å². The summed E-state index contributed by atoms with van der Waals surface area (Å²) in [5, 5.41) is 5.30. The molecule has 22 heavy (non-hydrogen) atoms. The molecule has 0 saturated heterocycles. The topological polar surface area (TPSA) is 80.3 Å². The molecular formula is C15H23N3O3S. The zero-order chi connectivity index (χ0) is 16.6. The first-order valence-electron chi connectivity index (χ1n) is 7.02. The van der Waals surface area contributed by atoms with Gasteiger partial charge in [-0.15, -0.1) is 0 Å². The van der Waals surface area contributed by atoms with Crippen molar-refractivity contribution in [2.24, 2.45) is 0 Å². The van der Waals surface area contributed by atoms with Crippen LogP contribution < -0.4 is 10.6 Å². The highest BCUT2D eigenvalue weighted by Gasteiger charge is 2.24. The molecule has 1 heterocycles. The van der Waals surface area contributed by atoms with E-state index in [0.717, 1.165) is 5.75 Å². The van der Waals surface area contributed by atoms with Gasteiger partial charge in [-0.1, -0.05) is 6.07 Å². The minimum absolute atomic E-state index is 0.307. The Bertz CT molecular complexity index is 489. The van der Waals surface area contributed by atoms with Crippen molar-refractivity contribution in [2.45, 2.75) is 38.8 Å². The van der Waals surface area contributed by atoms with Gasteiger partial charge in [-0.2, -0.15) is 11.8 Å². The first-order valence-corrected chi connectivity index (χ1v) is 8.41. The predicted octanol–water partition coefficient (Wildman–Crippen LogP) is 2.67. The fourth-order valence-corrected chi connectivity index (χ4v) is 2.08. The molecule has 0 aliphatic heterocycles. The van der Waals surface area contributed by atoms with Crippen LogP contribution in [0, 0.1) is 0 Å². The van der Waals surface area contributed by atoms with Crippen molar-refractivity contribution in [1.82, 2.24) is 10.3 Å². The van der Waals surface area contributed by atoms with Crippen molar-refractivity contribution < 1.29 is 14.3 Å². The number of thioether (sulfide) groups is 1. The van der Waals surface area contributed by atoms with Crippen LogP contribution in [0.15, 0.2) is 24.4 Å². The van der Waals surface area contributed by atoms with Crippen LogP contribution in [0.25, 0.3) is 0 Å². The van der Waals surface area contributed by atoms with E-state index in [9.17, 15) is 9.59 Å². The van der Waals surface area contributed by atoms with E-state index < -0.39 is 17.7 Å². The van der Waals surface area contributed by atoms with Gasteiger partial charge in [-0.3, -0.25) is 4.79 Å². The van der Waals surface area contributed by atoms with Gasteiger partial charge in [0.1, 0.15) is 17.5 Å². The van der Waals surface area contributed by atoms with Crippen LogP contribution in [-0.4, -0.2) is 40.6 Å². The van der Waals surface area contributed by atoms with Crippen molar-refractivity contribution >= 4 is 29.6 Å². The normalized spacial score (nSPS) is 12.4. The molecular weight excluding hydrogens is 302 g/mol. The van der Waals surface area contributed by atoms with Crippen LogP contribution in [0.4, 0.5) is 10.6 Å². The Morgan fingerprint density at radius 2 is 2.09 bits per heavy atom. The number of nitrogens with one attached hydrogen (secondary N) is 2. The third-order valence-corrected chi connectivity index (χ3v) is 3.18. The number of hydrogen-bond acceptors (Lipinski definition) is 5. The Balaban J connectivity index is 2.66. The first-order chi connectivity index (χ1) is 10.3. The molecule has 122 valence electrons. The molecule has 0 spiro atoms. The Labute approximate surface area is 135 Å². The second-order valence-corrected chi connectivity index (χ2v) is 6.67. The Hall–Kier alpha value is -1.76. The number of aromatic nitrogens is 1. The summed E-state index contributed by atoms with van der Waals surface area (Å²) in [6, 6.07) is 4.57. The highest BCUT2D eigenvalue weighted by molar-refractivity contribution is 7.98. The number of ether oxygens (including phenoxy) is 1. The molecule has 0 aromatic carbocycles. The second-order valence-electron chi connectivity index (χ2n) is 5.68. The lowest BCUT2D eigenvalue weighted by atomic mass is 10.2. The number of anilines is 1. The van der Waals surface area contributed by atoms with Gasteiger partial charge in [-0.05, 0) is 51.3 Å². The predicted molar refractivity (Wildman–Crippen MR) is 89.0 cm³/mol. The molecule has 0 unspecified atom stereocenters. The monoisotopic (exact) mass is 325 g/mol. The molecule has 7 heteroatoms. The van der Waals surface area contributed by atoms with Crippen LogP contribution in [0.1, 0.15) is 27.2 Å². The molecule has 1 aromatic rings. The van der Waals surface area contributed by atoms with Gasteiger partial charge >= 0.3 is 6.09 Å². The van der Waals surface area contributed by atoms with Crippen LogP contribution in [0.2, 0.25) is 0 Å². The Kier molecular flexibility index (Phi) is 7.17. The van der Waals surface area contributed by atoms with Gasteiger partial charge in [0.05, 0.1) is 0 Å². The van der Waals surface area contributed by atoms with E-state index in [2.05, 4.69) is 15.6 Å². The van der Waals surface area contributed by atoms with Gasteiger partial charge in [0.15, 0.2) is 0 Å². The number of pyridine rings is 1. The molecule has 0 bridgehead atoms. The van der Waals surface area contributed by atoms with Gasteiger partial charge < -0.3 is 15.4 Å². The molecule has 0 aliphatic rings. The van der Waals surface area contributed by atoms with E-state index in [1.54, 1.807) is 56.9 Å². The van der Waals surface area contributed by atoms with Gasteiger partial charge in [0.2, 0.25) is 5.91 Å². The molecule has 6 nitrogen and oxygen atoms in total. The molecule has 1 aromatic heterocycles. The molecule has 0 fully saturated rings. The Morgan fingerprint density at radius 1 is 1.36 bits per heavy atom. The number of carbonyl (C=O) groups is 2. The number of rotatable bonds is 6. The highest BCUT2D eigenvalue weighted by atomic mass is 32.2. The molecule has 0 saturated carbocycles. The van der Waals surface area contributed by atoms with Crippen molar-refractivity contribution in [2.75, 3.05) is 17.3 Å². The first kappa shape index (κ1) is 18.3. The summed E-state index contributed by atoms with van der Waals surface area (Å²) in [4.78, 5) is 28.2. The summed E-state index contributed by atoms with van der Waals surface area (Å²) in [5.74, 6) is 0.891. The SMILES string of the molecule is CSCC[C@H](NC(=O)OC(C)(C)C)C(=O)Nc1ccccn1. The average molecular weight is 325 g/mol. The van der Waals surface area contributed by atoms with E-state index >= 15 is 0 Å². The average Bonchev–Trinajstić information content (AvgIpc) is 2.42.